The molecule has 0 bridgehead atoms. The fraction of sp³-hybridized carbons (Fsp3) is 0.176. The predicted octanol–water partition coefficient (Wildman–Crippen LogP) is 3.13. The van der Waals surface area contributed by atoms with Crippen LogP contribution >= 0.6 is 11.6 Å². The molecular weight excluding hydrogens is 340 g/mol. The fourth-order valence-corrected chi connectivity index (χ4v) is 2.31. The number of amides is 1. The lowest BCUT2D eigenvalue weighted by Gasteiger charge is -2.17. The SMILES string of the molecule is COC(=O)[C@H](Cc1ccccc1Cl)NC(=O)c1ccc(F)c(F)c1. The minimum Gasteiger partial charge on any atom is -0.467 e. The number of ether oxygens (including phenoxy) is 1. The second-order valence-corrected chi connectivity index (χ2v) is 5.38. The summed E-state index contributed by atoms with van der Waals surface area (Å²) in [7, 11) is 1.19. The Morgan fingerprint density at radius 3 is 2.50 bits per heavy atom. The monoisotopic (exact) mass is 353 g/mol. The molecule has 0 heterocycles. The van der Waals surface area contributed by atoms with Crippen LogP contribution in [0.2, 0.25) is 5.02 Å². The Morgan fingerprint density at radius 1 is 1.17 bits per heavy atom. The lowest BCUT2D eigenvalue weighted by molar-refractivity contribution is -0.142. The van der Waals surface area contributed by atoms with Crippen molar-refractivity contribution in [2.75, 3.05) is 7.11 Å². The molecule has 0 fully saturated rings. The molecule has 0 saturated carbocycles. The molecule has 1 atom stereocenters. The molecule has 7 heteroatoms. The van der Waals surface area contributed by atoms with Crippen LogP contribution in [0.1, 0.15) is 15.9 Å². The van der Waals surface area contributed by atoms with Gasteiger partial charge >= 0.3 is 5.97 Å². The maximum atomic E-state index is 13.2. The Hall–Kier alpha value is -2.47. The summed E-state index contributed by atoms with van der Waals surface area (Å²) in [5, 5.41) is 2.88. The smallest absolute Gasteiger partial charge is 0.328 e. The zero-order chi connectivity index (χ0) is 17.7. The van der Waals surface area contributed by atoms with Crippen molar-refractivity contribution in [2.45, 2.75) is 12.5 Å². The molecular formula is C17H14ClF2NO3. The third kappa shape index (κ3) is 4.29. The van der Waals surface area contributed by atoms with Gasteiger partial charge in [-0.3, -0.25) is 4.79 Å². The first-order chi connectivity index (χ1) is 11.4. The van der Waals surface area contributed by atoms with Crippen LogP contribution in [0.4, 0.5) is 8.78 Å². The number of benzene rings is 2. The molecule has 0 aromatic heterocycles. The summed E-state index contributed by atoms with van der Waals surface area (Å²) in [6, 6.07) is 8.54. The number of carbonyl (C=O) groups is 2. The first-order valence-electron chi connectivity index (χ1n) is 6.99. The van der Waals surface area contributed by atoms with Crippen molar-refractivity contribution in [3.8, 4) is 0 Å². The molecule has 0 aliphatic carbocycles. The Bertz CT molecular complexity index is 767. The van der Waals surface area contributed by atoms with Gasteiger partial charge in [-0.25, -0.2) is 13.6 Å². The molecule has 0 aliphatic rings. The zero-order valence-electron chi connectivity index (χ0n) is 12.7. The molecule has 0 radical (unpaired) electrons. The second kappa shape index (κ2) is 7.88. The van der Waals surface area contributed by atoms with Gasteiger partial charge in [0.2, 0.25) is 0 Å². The number of nitrogens with one attached hydrogen (secondary N) is 1. The van der Waals surface area contributed by atoms with Crippen molar-refractivity contribution in [1.82, 2.24) is 5.32 Å². The summed E-state index contributed by atoms with van der Waals surface area (Å²) in [6.07, 6.45) is 0.0990. The molecule has 1 N–H and O–H groups in total. The van der Waals surface area contributed by atoms with E-state index < -0.39 is 29.6 Å². The van der Waals surface area contributed by atoms with Crippen LogP contribution in [-0.2, 0) is 16.0 Å². The highest BCUT2D eigenvalue weighted by Crippen LogP contribution is 2.17. The summed E-state index contributed by atoms with van der Waals surface area (Å²) in [4.78, 5) is 24.1. The van der Waals surface area contributed by atoms with Gasteiger partial charge in [0, 0.05) is 17.0 Å². The van der Waals surface area contributed by atoms with E-state index in [1.54, 1.807) is 24.3 Å². The average Bonchev–Trinajstić information content (AvgIpc) is 2.57. The largest absolute Gasteiger partial charge is 0.467 e. The van der Waals surface area contributed by atoms with Gasteiger partial charge in [-0.15, -0.1) is 0 Å². The van der Waals surface area contributed by atoms with Crippen molar-refractivity contribution >= 4 is 23.5 Å². The van der Waals surface area contributed by atoms with Gasteiger partial charge in [-0.2, -0.15) is 0 Å². The highest BCUT2D eigenvalue weighted by Gasteiger charge is 2.24. The molecule has 126 valence electrons. The summed E-state index contributed by atoms with van der Waals surface area (Å²) in [5.41, 5.74) is 0.530. The van der Waals surface area contributed by atoms with E-state index in [2.05, 4.69) is 10.1 Å². The van der Waals surface area contributed by atoms with Gasteiger partial charge < -0.3 is 10.1 Å². The van der Waals surface area contributed by atoms with Crippen LogP contribution in [0.25, 0.3) is 0 Å². The second-order valence-electron chi connectivity index (χ2n) is 4.97. The van der Waals surface area contributed by atoms with Gasteiger partial charge in [-0.1, -0.05) is 29.8 Å². The molecule has 2 aromatic rings. The zero-order valence-corrected chi connectivity index (χ0v) is 13.4. The Balaban J connectivity index is 2.19. The summed E-state index contributed by atoms with van der Waals surface area (Å²) in [6.45, 7) is 0. The van der Waals surface area contributed by atoms with E-state index in [0.29, 0.717) is 10.6 Å². The van der Waals surface area contributed by atoms with Crippen LogP contribution in [0, 0.1) is 11.6 Å². The molecule has 24 heavy (non-hydrogen) atoms. The third-order valence-corrected chi connectivity index (χ3v) is 3.72. The van der Waals surface area contributed by atoms with Crippen molar-refractivity contribution in [1.29, 1.82) is 0 Å². The molecule has 2 aromatic carbocycles. The van der Waals surface area contributed by atoms with Crippen molar-refractivity contribution in [3.05, 3.63) is 70.2 Å². The quantitative estimate of drug-likeness (QED) is 0.840. The standard InChI is InChI=1S/C17H14ClF2NO3/c1-24-17(23)15(9-10-4-2-3-5-12(10)18)21-16(22)11-6-7-13(19)14(20)8-11/h2-8,15H,9H2,1H3,(H,21,22)/t15-/m0/s1. The summed E-state index contributed by atoms with van der Waals surface area (Å²) in [5.74, 6) is -3.61. The van der Waals surface area contributed by atoms with Gasteiger partial charge in [0.15, 0.2) is 11.6 Å². The Kier molecular flexibility index (Phi) is 5.87. The van der Waals surface area contributed by atoms with Crippen LogP contribution < -0.4 is 5.32 Å². The Morgan fingerprint density at radius 2 is 1.88 bits per heavy atom. The van der Waals surface area contributed by atoms with Gasteiger partial charge in [0.1, 0.15) is 6.04 Å². The fourth-order valence-electron chi connectivity index (χ4n) is 2.10. The number of rotatable bonds is 5. The normalized spacial score (nSPS) is 11.7. The number of carbonyl (C=O) groups excluding carboxylic acids is 2. The van der Waals surface area contributed by atoms with Gasteiger partial charge in [-0.05, 0) is 29.8 Å². The van der Waals surface area contributed by atoms with Gasteiger partial charge in [0.25, 0.3) is 5.91 Å². The number of methoxy groups -OCH3 is 1. The van der Waals surface area contributed by atoms with Crippen LogP contribution in [0.5, 0.6) is 0 Å². The van der Waals surface area contributed by atoms with E-state index in [-0.39, 0.29) is 12.0 Å². The predicted molar refractivity (Wildman–Crippen MR) is 84.8 cm³/mol. The van der Waals surface area contributed by atoms with Crippen molar-refractivity contribution < 1.29 is 23.1 Å². The minimum atomic E-state index is -1.15. The van der Waals surface area contributed by atoms with Crippen LogP contribution in [0.15, 0.2) is 42.5 Å². The third-order valence-electron chi connectivity index (χ3n) is 3.35. The van der Waals surface area contributed by atoms with E-state index >= 15 is 0 Å². The lowest BCUT2D eigenvalue weighted by atomic mass is 10.1. The van der Waals surface area contributed by atoms with Crippen LogP contribution in [0.3, 0.4) is 0 Å². The van der Waals surface area contributed by atoms with Crippen molar-refractivity contribution in [3.63, 3.8) is 0 Å². The molecule has 2 rings (SSSR count). The molecule has 0 spiro atoms. The van der Waals surface area contributed by atoms with Crippen molar-refractivity contribution in [2.24, 2.45) is 0 Å². The number of hydrogen-bond donors (Lipinski definition) is 1. The average molecular weight is 354 g/mol. The van der Waals surface area contributed by atoms with Gasteiger partial charge in [0.05, 0.1) is 7.11 Å². The summed E-state index contributed by atoms with van der Waals surface area (Å²) >= 11 is 6.05. The number of hydrogen-bond acceptors (Lipinski definition) is 3. The lowest BCUT2D eigenvalue weighted by Crippen LogP contribution is -2.43. The topological polar surface area (TPSA) is 55.4 Å². The highest BCUT2D eigenvalue weighted by atomic mass is 35.5. The van der Waals surface area contributed by atoms with E-state index in [1.165, 1.54) is 7.11 Å². The van der Waals surface area contributed by atoms with E-state index in [0.717, 1.165) is 18.2 Å². The van der Waals surface area contributed by atoms with Crippen LogP contribution in [-0.4, -0.2) is 25.0 Å². The molecule has 0 aliphatic heterocycles. The first-order valence-corrected chi connectivity index (χ1v) is 7.37. The van der Waals surface area contributed by atoms with E-state index in [4.69, 9.17) is 11.6 Å². The molecule has 1 amide bonds. The minimum absolute atomic E-state index is 0.0990. The highest BCUT2D eigenvalue weighted by molar-refractivity contribution is 6.31. The van der Waals surface area contributed by atoms with E-state index in [1.807, 2.05) is 0 Å². The molecule has 4 nitrogen and oxygen atoms in total. The summed E-state index contributed by atoms with van der Waals surface area (Å²) < 4.78 is 30.9. The molecule has 0 unspecified atom stereocenters. The number of halogens is 3. The first kappa shape index (κ1) is 17.9. The Labute approximate surface area is 142 Å². The molecule has 0 saturated heterocycles. The van der Waals surface area contributed by atoms with E-state index in [9.17, 15) is 18.4 Å². The number of esters is 1. The maximum Gasteiger partial charge on any atom is 0.328 e. The maximum absolute atomic E-state index is 13.2.